The first-order valence-corrected chi connectivity index (χ1v) is 6.01. The van der Waals surface area contributed by atoms with E-state index >= 15 is 0 Å². The molecule has 0 aliphatic heterocycles. The van der Waals surface area contributed by atoms with Crippen LogP contribution in [0.15, 0.2) is 16.6 Å². The van der Waals surface area contributed by atoms with E-state index in [0.717, 1.165) is 18.4 Å². The second-order valence-electron chi connectivity index (χ2n) is 3.80. The van der Waals surface area contributed by atoms with E-state index in [-0.39, 0.29) is 11.9 Å². The van der Waals surface area contributed by atoms with Crippen molar-refractivity contribution in [2.75, 3.05) is 0 Å². The molecule has 1 atom stereocenters. The largest absolute Gasteiger partial charge is 0.341 e. The summed E-state index contributed by atoms with van der Waals surface area (Å²) >= 11 is 3.13. The van der Waals surface area contributed by atoms with Crippen molar-refractivity contribution >= 4 is 27.0 Å². The predicted molar refractivity (Wildman–Crippen MR) is 65.6 cm³/mol. The molecule has 0 saturated heterocycles. The summed E-state index contributed by atoms with van der Waals surface area (Å²) in [5.74, 6) is 0.418. The highest BCUT2D eigenvalue weighted by molar-refractivity contribution is 9.10. The van der Waals surface area contributed by atoms with Crippen LogP contribution in [0, 0.1) is 5.82 Å². The van der Waals surface area contributed by atoms with Crippen molar-refractivity contribution in [1.29, 1.82) is 0 Å². The second kappa shape index (κ2) is 4.51. The van der Waals surface area contributed by atoms with Gasteiger partial charge in [-0.05, 0) is 28.4 Å². The minimum absolute atomic E-state index is 0.112. The maximum absolute atomic E-state index is 13.3. The normalized spacial score (nSPS) is 13.2. The van der Waals surface area contributed by atoms with E-state index in [9.17, 15) is 4.39 Å². The number of nitrogens with one attached hydrogen (secondary N) is 1. The molecule has 1 unspecified atom stereocenters. The van der Waals surface area contributed by atoms with E-state index in [1.54, 1.807) is 6.07 Å². The Morgan fingerprint density at radius 3 is 3.00 bits per heavy atom. The highest BCUT2D eigenvalue weighted by Gasteiger charge is 2.12. The molecule has 0 spiro atoms. The third kappa shape index (κ3) is 2.10. The number of nitrogens with zero attached hydrogens (tertiary/aromatic N) is 1. The van der Waals surface area contributed by atoms with Gasteiger partial charge in [0.15, 0.2) is 0 Å². The summed E-state index contributed by atoms with van der Waals surface area (Å²) in [6.45, 7) is 2.07. The minimum Gasteiger partial charge on any atom is -0.341 e. The Balaban J connectivity index is 2.43. The van der Waals surface area contributed by atoms with Crippen LogP contribution in [0.3, 0.4) is 0 Å². The number of H-pyrrole nitrogens is 1. The lowest BCUT2D eigenvalue weighted by molar-refractivity contribution is 0.610. The Morgan fingerprint density at radius 2 is 2.31 bits per heavy atom. The lowest BCUT2D eigenvalue weighted by Crippen LogP contribution is -2.11. The van der Waals surface area contributed by atoms with Crippen molar-refractivity contribution in [3.63, 3.8) is 0 Å². The zero-order valence-electron chi connectivity index (χ0n) is 8.93. The summed E-state index contributed by atoms with van der Waals surface area (Å²) < 4.78 is 13.7. The molecule has 3 N–H and O–H groups in total. The fourth-order valence-corrected chi connectivity index (χ4v) is 1.98. The highest BCUT2D eigenvalue weighted by Crippen LogP contribution is 2.23. The maximum atomic E-state index is 13.3. The van der Waals surface area contributed by atoms with Gasteiger partial charge in [0.2, 0.25) is 0 Å². The summed E-state index contributed by atoms with van der Waals surface area (Å²) in [4.78, 5) is 7.41. The van der Waals surface area contributed by atoms with E-state index < -0.39 is 0 Å². The molecule has 2 aromatic rings. The summed E-state index contributed by atoms with van der Waals surface area (Å²) in [5, 5.41) is 0. The predicted octanol–water partition coefficient (Wildman–Crippen LogP) is 3.26. The van der Waals surface area contributed by atoms with Gasteiger partial charge in [0, 0.05) is 6.07 Å². The van der Waals surface area contributed by atoms with E-state index in [2.05, 4.69) is 32.8 Å². The van der Waals surface area contributed by atoms with Gasteiger partial charge in [-0.15, -0.1) is 0 Å². The first kappa shape index (κ1) is 11.5. The molecule has 3 nitrogen and oxygen atoms in total. The quantitative estimate of drug-likeness (QED) is 0.909. The number of fused-ring (bicyclic) bond motifs is 1. The fourth-order valence-electron chi connectivity index (χ4n) is 1.65. The molecule has 0 fully saturated rings. The summed E-state index contributed by atoms with van der Waals surface area (Å²) in [7, 11) is 0. The number of halogens is 2. The SMILES string of the molecule is CCCC(N)c1nc2cc(Br)c(F)cc2[nH]1. The van der Waals surface area contributed by atoms with Crippen molar-refractivity contribution in [1.82, 2.24) is 9.97 Å². The van der Waals surface area contributed by atoms with Crippen LogP contribution in [0.25, 0.3) is 11.0 Å². The van der Waals surface area contributed by atoms with Gasteiger partial charge in [-0.25, -0.2) is 9.37 Å². The van der Waals surface area contributed by atoms with Crippen molar-refractivity contribution < 1.29 is 4.39 Å². The monoisotopic (exact) mass is 285 g/mol. The Bertz CT molecular complexity index is 470. The molecule has 0 bridgehead atoms. The second-order valence-corrected chi connectivity index (χ2v) is 4.66. The Morgan fingerprint density at radius 1 is 1.56 bits per heavy atom. The summed E-state index contributed by atoms with van der Waals surface area (Å²) in [5.41, 5.74) is 7.36. The molecule has 86 valence electrons. The molecule has 0 amide bonds. The summed E-state index contributed by atoms with van der Waals surface area (Å²) in [6.07, 6.45) is 1.86. The number of rotatable bonds is 3. The number of aromatic nitrogens is 2. The molecule has 5 heteroatoms. The van der Waals surface area contributed by atoms with Crippen LogP contribution in [0.5, 0.6) is 0 Å². The van der Waals surface area contributed by atoms with Crippen molar-refractivity contribution in [3.05, 3.63) is 28.2 Å². The third-order valence-electron chi connectivity index (χ3n) is 2.49. The molecule has 2 rings (SSSR count). The first-order chi connectivity index (χ1) is 7.61. The number of hydrogen-bond donors (Lipinski definition) is 2. The Labute approximate surface area is 101 Å². The van der Waals surface area contributed by atoms with Gasteiger partial charge in [-0.3, -0.25) is 0 Å². The van der Waals surface area contributed by atoms with Gasteiger partial charge < -0.3 is 10.7 Å². The minimum atomic E-state index is -0.299. The molecule has 1 heterocycles. The first-order valence-electron chi connectivity index (χ1n) is 5.22. The van der Waals surface area contributed by atoms with Crippen LogP contribution in [0.2, 0.25) is 0 Å². The average molecular weight is 286 g/mol. The maximum Gasteiger partial charge on any atom is 0.139 e. The highest BCUT2D eigenvalue weighted by atomic mass is 79.9. The summed E-state index contributed by atoms with van der Waals surface area (Å²) in [6, 6.07) is 2.97. The van der Waals surface area contributed by atoms with Crippen LogP contribution in [-0.2, 0) is 0 Å². The molecule has 1 aromatic heterocycles. The van der Waals surface area contributed by atoms with Crippen molar-refractivity contribution in [3.8, 4) is 0 Å². The molecule has 16 heavy (non-hydrogen) atoms. The molecule has 0 aliphatic carbocycles. The van der Waals surface area contributed by atoms with Crippen LogP contribution in [0.1, 0.15) is 31.6 Å². The van der Waals surface area contributed by atoms with E-state index in [1.165, 1.54) is 6.07 Å². The van der Waals surface area contributed by atoms with Gasteiger partial charge in [0.25, 0.3) is 0 Å². The van der Waals surface area contributed by atoms with Crippen molar-refractivity contribution in [2.24, 2.45) is 5.73 Å². The molecule has 0 saturated carbocycles. The van der Waals surface area contributed by atoms with Crippen LogP contribution < -0.4 is 5.73 Å². The van der Waals surface area contributed by atoms with Crippen molar-refractivity contribution in [2.45, 2.75) is 25.8 Å². The lowest BCUT2D eigenvalue weighted by atomic mass is 10.2. The average Bonchev–Trinajstić information content (AvgIpc) is 2.62. The zero-order valence-corrected chi connectivity index (χ0v) is 10.5. The smallest absolute Gasteiger partial charge is 0.139 e. The number of hydrogen-bond acceptors (Lipinski definition) is 2. The lowest BCUT2D eigenvalue weighted by Gasteiger charge is -2.04. The standard InChI is InChI=1S/C11H13BrFN3/c1-2-3-8(14)11-15-9-4-6(12)7(13)5-10(9)16-11/h4-5,8H,2-3,14H2,1H3,(H,15,16). The van der Waals surface area contributed by atoms with Gasteiger partial charge >= 0.3 is 0 Å². The zero-order chi connectivity index (χ0) is 11.7. The number of nitrogens with two attached hydrogens (primary N) is 1. The molecule has 0 radical (unpaired) electrons. The molecular formula is C11H13BrFN3. The molecule has 1 aromatic carbocycles. The van der Waals surface area contributed by atoms with E-state index in [1.807, 2.05) is 0 Å². The number of aromatic amines is 1. The third-order valence-corrected chi connectivity index (χ3v) is 3.10. The topological polar surface area (TPSA) is 54.7 Å². The Kier molecular flexibility index (Phi) is 3.25. The van der Waals surface area contributed by atoms with E-state index in [0.29, 0.717) is 15.8 Å². The van der Waals surface area contributed by atoms with Gasteiger partial charge in [-0.1, -0.05) is 13.3 Å². The van der Waals surface area contributed by atoms with Gasteiger partial charge in [0.1, 0.15) is 11.6 Å². The molecular weight excluding hydrogens is 273 g/mol. The van der Waals surface area contributed by atoms with Gasteiger partial charge in [0.05, 0.1) is 21.5 Å². The number of benzene rings is 1. The number of imidazole rings is 1. The Hall–Kier alpha value is -0.940. The van der Waals surface area contributed by atoms with Gasteiger partial charge in [-0.2, -0.15) is 0 Å². The van der Waals surface area contributed by atoms with Crippen LogP contribution in [-0.4, -0.2) is 9.97 Å². The van der Waals surface area contributed by atoms with Crippen LogP contribution in [0.4, 0.5) is 4.39 Å². The molecule has 0 aliphatic rings. The fraction of sp³-hybridized carbons (Fsp3) is 0.364. The van der Waals surface area contributed by atoms with Crippen LogP contribution >= 0.6 is 15.9 Å². The van der Waals surface area contributed by atoms with E-state index in [4.69, 9.17) is 5.73 Å².